The normalized spacial score (nSPS) is 11.7. The lowest BCUT2D eigenvalue weighted by Gasteiger charge is -2.19. The molecule has 51 heavy (non-hydrogen) atoms. The van der Waals surface area contributed by atoms with Crippen LogP contribution in [0.4, 0.5) is 5.69 Å². The summed E-state index contributed by atoms with van der Waals surface area (Å²) in [6.45, 7) is 1.62. The molecule has 1 heterocycles. The number of nitrogens with one attached hydrogen (secondary N) is 2. The van der Waals surface area contributed by atoms with Crippen LogP contribution in [-0.2, 0) is 26.0 Å². The van der Waals surface area contributed by atoms with E-state index in [4.69, 9.17) is 25.5 Å². The highest BCUT2D eigenvalue weighted by molar-refractivity contribution is 7.92. The summed E-state index contributed by atoms with van der Waals surface area (Å²) in [6.07, 6.45) is 0.0877. The van der Waals surface area contributed by atoms with E-state index in [1.807, 2.05) is 78.9 Å². The average Bonchev–Trinajstić information content (AvgIpc) is 3.59. The van der Waals surface area contributed by atoms with Gasteiger partial charge in [0.2, 0.25) is 11.8 Å². The Hall–Kier alpha value is -5.98. The maximum absolute atomic E-state index is 13.7. The second-order valence-corrected chi connectivity index (χ2v) is 13.4. The average molecular weight is 723 g/mol. The summed E-state index contributed by atoms with van der Waals surface area (Å²) in [6, 6.07) is 33.5. The van der Waals surface area contributed by atoms with Gasteiger partial charge < -0.3 is 19.2 Å². The fraction of sp³-hybridized carbons (Fsp3) is 0.105. The molecule has 0 bridgehead atoms. The SMILES string of the molecule is COC(=O)[C@H](Cc1ccc(-c2ccccc2Oc2ccccc2)cc1)NC(=O)c1cc(Cl)ccc1NS(=O)(=O)c1cccc(-c2nnc(C)o2)c1. The number of aryl methyl sites for hydroxylation is 1. The van der Waals surface area contributed by atoms with Crippen LogP contribution in [0, 0.1) is 6.92 Å². The van der Waals surface area contributed by atoms with Gasteiger partial charge in [-0.05, 0) is 65.7 Å². The van der Waals surface area contributed by atoms with Crippen LogP contribution in [0.2, 0.25) is 5.02 Å². The van der Waals surface area contributed by atoms with Crippen LogP contribution in [-0.4, -0.2) is 43.6 Å². The summed E-state index contributed by atoms with van der Waals surface area (Å²) < 4.78 is 46.0. The van der Waals surface area contributed by atoms with Crippen molar-refractivity contribution >= 4 is 39.2 Å². The Balaban J connectivity index is 1.20. The smallest absolute Gasteiger partial charge is 0.328 e. The van der Waals surface area contributed by atoms with Gasteiger partial charge in [0.05, 0.1) is 23.3 Å². The highest BCUT2D eigenvalue weighted by Crippen LogP contribution is 2.33. The molecule has 0 radical (unpaired) electrons. The number of aromatic nitrogens is 2. The first-order chi connectivity index (χ1) is 24.6. The van der Waals surface area contributed by atoms with Gasteiger partial charge in [-0.25, -0.2) is 13.2 Å². The molecule has 258 valence electrons. The second-order valence-electron chi connectivity index (χ2n) is 11.3. The third kappa shape index (κ3) is 8.43. The largest absolute Gasteiger partial charge is 0.467 e. The number of sulfonamides is 1. The van der Waals surface area contributed by atoms with Crippen LogP contribution in [0.15, 0.2) is 131 Å². The lowest BCUT2D eigenvalue weighted by molar-refractivity contribution is -0.142. The van der Waals surface area contributed by atoms with E-state index >= 15 is 0 Å². The number of amides is 1. The van der Waals surface area contributed by atoms with Crippen molar-refractivity contribution < 1.29 is 31.9 Å². The van der Waals surface area contributed by atoms with E-state index in [0.717, 1.165) is 16.7 Å². The highest BCUT2D eigenvalue weighted by atomic mass is 35.5. The standard InChI is InChI=1S/C38H31ClN4O7S/c1-24-41-42-37(49-24)27-9-8-12-30(22-27)51(46,47)43-33-20-19-28(39)23-32(33)36(44)40-34(38(45)48-2)21-25-15-17-26(18-16-25)31-13-6-7-14-35(31)50-29-10-4-3-5-11-29/h3-20,22-23,34,43H,21H2,1-2H3,(H,40,44)/t34-/m0/s1. The van der Waals surface area contributed by atoms with Gasteiger partial charge in [-0.15, -0.1) is 10.2 Å². The minimum Gasteiger partial charge on any atom is -0.467 e. The lowest BCUT2D eigenvalue weighted by Crippen LogP contribution is -2.43. The van der Waals surface area contributed by atoms with Gasteiger partial charge in [0, 0.05) is 29.5 Å². The molecule has 0 unspecified atom stereocenters. The zero-order valence-electron chi connectivity index (χ0n) is 27.4. The molecule has 0 fully saturated rings. The Bertz CT molecular complexity index is 2300. The summed E-state index contributed by atoms with van der Waals surface area (Å²) in [4.78, 5) is 26.5. The van der Waals surface area contributed by atoms with Gasteiger partial charge in [0.1, 0.15) is 17.5 Å². The van der Waals surface area contributed by atoms with Crippen molar-refractivity contribution in [3.05, 3.63) is 143 Å². The minimum atomic E-state index is -4.22. The topological polar surface area (TPSA) is 150 Å². The van der Waals surface area contributed by atoms with Crippen molar-refractivity contribution in [1.82, 2.24) is 15.5 Å². The van der Waals surface area contributed by atoms with Gasteiger partial charge in [-0.3, -0.25) is 9.52 Å². The molecule has 1 aromatic heterocycles. The Morgan fingerprint density at radius 3 is 2.31 bits per heavy atom. The van der Waals surface area contributed by atoms with Crippen LogP contribution in [0.5, 0.6) is 11.5 Å². The van der Waals surface area contributed by atoms with Crippen molar-refractivity contribution in [3.63, 3.8) is 0 Å². The number of carbonyl (C=O) groups excluding carboxylic acids is 2. The van der Waals surface area contributed by atoms with Crippen LogP contribution in [0.25, 0.3) is 22.6 Å². The molecule has 1 atom stereocenters. The summed E-state index contributed by atoms with van der Waals surface area (Å²) in [5.41, 5.74) is 2.73. The lowest BCUT2D eigenvalue weighted by atomic mass is 9.99. The molecule has 0 aliphatic rings. The fourth-order valence-corrected chi connectivity index (χ4v) is 6.54. The summed E-state index contributed by atoms with van der Waals surface area (Å²) in [5, 5.41) is 10.6. The molecule has 0 saturated heterocycles. The van der Waals surface area contributed by atoms with Crippen molar-refractivity contribution in [2.24, 2.45) is 0 Å². The van der Waals surface area contributed by atoms with Gasteiger partial charge in [-0.1, -0.05) is 78.3 Å². The molecule has 6 rings (SSSR count). The van der Waals surface area contributed by atoms with Crippen molar-refractivity contribution in [1.29, 1.82) is 0 Å². The maximum Gasteiger partial charge on any atom is 0.328 e. The molecule has 2 N–H and O–H groups in total. The predicted octanol–water partition coefficient (Wildman–Crippen LogP) is 7.47. The number of methoxy groups -OCH3 is 1. The number of hydrogen-bond acceptors (Lipinski definition) is 9. The molecular formula is C38H31ClN4O7S. The molecule has 0 spiro atoms. The Labute approximate surface area is 299 Å². The van der Waals surface area contributed by atoms with Gasteiger partial charge in [0.25, 0.3) is 15.9 Å². The first-order valence-electron chi connectivity index (χ1n) is 15.6. The third-order valence-electron chi connectivity index (χ3n) is 7.74. The monoisotopic (exact) mass is 722 g/mol. The number of anilines is 1. The van der Waals surface area contributed by atoms with Crippen LogP contribution in [0.1, 0.15) is 21.8 Å². The predicted molar refractivity (Wildman–Crippen MR) is 192 cm³/mol. The van der Waals surface area contributed by atoms with Crippen LogP contribution < -0.4 is 14.8 Å². The number of carbonyl (C=O) groups is 2. The number of ether oxygens (including phenoxy) is 2. The van der Waals surface area contributed by atoms with Gasteiger partial charge >= 0.3 is 5.97 Å². The van der Waals surface area contributed by atoms with Crippen LogP contribution >= 0.6 is 11.6 Å². The molecule has 13 heteroatoms. The number of halogens is 1. The maximum atomic E-state index is 13.7. The van der Waals surface area contributed by atoms with Crippen molar-refractivity contribution in [3.8, 4) is 34.1 Å². The fourth-order valence-electron chi connectivity index (χ4n) is 5.24. The molecule has 0 saturated carbocycles. The second kappa shape index (κ2) is 15.3. The zero-order chi connectivity index (χ0) is 36.0. The number of esters is 1. The Morgan fingerprint density at radius 2 is 1.59 bits per heavy atom. The van der Waals surface area contributed by atoms with Crippen molar-refractivity contribution in [2.45, 2.75) is 24.3 Å². The highest BCUT2D eigenvalue weighted by Gasteiger charge is 2.26. The summed E-state index contributed by atoms with van der Waals surface area (Å²) >= 11 is 6.24. The van der Waals surface area contributed by atoms with E-state index in [1.54, 1.807) is 13.0 Å². The minimum absolute atomic E-state index is 0.0553. The number of para-hydroxylation sites is 2. The number of benzene rings is 5. The Morgan fingerprint density at radius 1 is 0.843 bits per heavy atom. The number of rotatable bonds is 12. The number of nitrogens with zero attached hydrogens (tertiary/aromatic N) is 2. The van der Waals surface area contributed by atoms with Gasteiger partial charge in [0.15, 0.2) is 0 Å². The molecule has 0 aliphatic carbocycles. The van der Waals surface area contributed by atoms with Gasteiger partial charge in [-0.2, -0.15) is 0 Å². The molecule has 1 amide bonds. The first-order valence-corrected chi connectivity index (χ1v) is 17.5. The van der Waals surface area contributed by atoms with E-state index in [0.29, 0.717) is 23.0 Å². The molecule has 0 aliphatic heterocycles. The quantitative estimate of drug-likeness (QED) is 0.123. The molecular weight excluding hydrogens is 692 g/mol. The molecule has 6 aromatic rings. The Kier molecular flexibility index (Phi) is 10.4. The summed E-state index contributed by atoms with van der Waals surface area (Å²) in [7, 11) is -3.00. The number of hydrogen-bond donors (Lipinski definition) is 2. The van der Waals surface area contributed by atoms with E-state index in [1.165, 1.54) is 43.5 Å². The first kappa shape index (κ1) is 34.9. The van der Waals surface area contributed by atoms with E-state index in [-0.39, 0.29) is 33.5 Å². The van der Waals surface area contributed by atoms with Crippen LogP contribution in [0.3, 0.4) is 0 Å². The molecule has 11 nitrogen and oxygen atoms in total. The van der Waals surface area contributed by atoms with E-state index in [9.17, 15) is 18.0 Å². The summed E-state index contributed by atoms with van der Waals surface area (Å²) in [5.74, 6) is 0.431. The van der Waals surface area contributed by atoms with E-state index < -0.39 is 27.9 Å². The zero-order valence-corrected chi connectivity index (χ0v) is 28.9. The van der Waals surface area contributed by atoms with E-state index in [2.05, 4.69) is 20.2 Å². The molecule has 5 aromatic carbocycles. The van der Waals surface area contributed by atoms with Crippen molar-refractivity contribution in [2.75, 3.05) is 11.8 Å². The third-order valence-corrected chi connectivity index (χ3v) is 9.34.